The molecule has 2 heterocycles. The van der Waals surface area contributed by atoms with Crippen LogP contribution in [0.4, 0.5) is 5.69 Å². The number of amides is 2. The summed E-state index contributed by atoms with van der Waals surface area (Å²) < 4.78 is 0. The lowest BCUT2D eigenvalue weighted by molar-refractivity contribution is -0.128. The molecular formula is C26H28N4O2. The summed E-state index contributed by atoms with van der Waals surface area (Å²) >= 11 is 0. The molecule has 2 unspecified atom stereocenters. The first-order valence-corrected chi connectivity index (χ1v) is 11.4. The van der Waals surface area contributed by atoms with E-state index in [1.807, 2.05) is 30.3 Å². The minimum atomic E-state index is -0.469. The number of hydrogen-bond acceptors (Lipinski definition) is 4. The van der Waals surface area contributed by atoms with E-state index in [1.54, 1.807) is 11.9 Å². The van der Waals surface area contributed by atoms with Crippen molar-refractivity contribution in [3.8, 4) is 6.07 Å². The molecule has 0 bridgehead atoms. The number of likely N-dealkylation sites (tertiary alicyclic amines) is 1. The van der Waals surface area contributed by atoms with Crippen molar-refractivity contribution in [1.82, 2.24) is 10.2 Å². The van der Waals surface area contributed by atoms with Crippen LogP contribution in [0.25, 0.3) is 0 Å². The predicted octanol–water partition coefficient (Wildman–Crippen LogP) is 3.15. The van der Waals surface area contributed by atoms with Crippen LogP contribution in [0.2, 0.25) is 0 Å². The number of anilines is 1. The average Bonchev–Trinajstić information content (AvgIpc) is 3.19. The van der Waals surface area contributed by atoms with Gasteiger partial charge in [-0.15, -0.1) is 0 Å². The van der Waals surface area contributed by atoms with E-state index in [4.69, 9.17) is 0 Å². The fourth-order valence-corrected chi connectivity index (χ4v) is 5.62. The standard InChI is InChI=1S/C26H28N4O2/c1-29-23-9-5-4-8-20(23)21(15-24(29)31)26(32)28-22-14-18-6-2-3-7-19(18)25(22)30-12-10-17(16-27)11-13-30/h2-9,17,21-22,25H,10-15H2,1H3,(H,28,32)/t21-,22?,25?/m0/s1. The lowest BCUT2D eigenvalue weighted by Gasteiger charge is -2.38. The molecule has 2 aromatic rings. The summed E-state index contributed by atoms with van der Waals surface area (Å²) in [5, 5.41) is 12.6. The van der Waals surface area contributed by atoms with Crippen LogP contribution in [0.1, 0.15) is 47.9 Å². The fourth-order valence-electron chi connectivity index (χ4n) is 5.62. The summed E-state index contributed by atoms with van der Waals surface area (Å²) in [7, 11) is 1.77. The van der Waals surface area contributed by atoms with Crippen molar-refractivity contribution in [3.05, 3.63) is 65.2 Å². The van der Waals surface area contributed by atoms with Gasteiger partial charge >= 0.3 is 0 Å². The Balaban J connectivity index is 1.39. The molecule has 5 rings (SSSR count). The first kappa shape index (κ1) is 20.7. The van der Waals surface area contributed by atoms with Crippen LogP contribution in [-0.4, -0.2) is 42.9 Å². The first-order valence-electron chi connectivity index (χ1n) is 11.4. The molecule has 0 radical (unpaired) electrons. The summed E-state index contributed by atoms with van der Waals surface area (Å²) in [6.07, 6.45) is 2.71. The highest BCUT2D eigenvalue weighted by atomic mass is 16.2. The van der Waals surface area contributed by atoms with Crippen molar-refractivity contribution in [2.24, 2.45) is 5.92 Å². The number of carbonyl (C=O) groups is 2. The van der Waals surface area contributed by atoms with Crippen molar-refractivity contribution in [2.75, 3.05) is 25.0 Å². The fraction of sp³-hybridized carbons (Fsp3) is 0.423. The van der Waals surface area contributed by atoms with E-state index in [9.17, 15) is 14.9 Å². The Bertz CT molecular complexity index is 1080. The van der Waals surface area contributed by atoms with E-state index >= 15 is 0 Å². The van der Waals surface area contributed by atoms with E-state index < -0.39 is 5.92 Å². The number of nitrogens with zero attached hydrogens (tertiary/aromatic N) is 3. The highest BCUT2D eigenvalue weighted by Gasteiger charge is 2.41. The second-order valence-corrected chi connectivity index (χ2v) is 9.17. The summed E-state index contributed by atoms with van der Waals surface area (Å²) in [6, 6.07) is 18.6. The third-order valence-electron chi connectivity index (χ3n) is 7.37. The lowest BCUT2D eigenvalue weighted by Crippen LogP contribution is -2.49. The first-order chi connectivity index (χ1) is 15.6. The van der Waals surface area contributed by atoms with Gasteiger partial charge in [-0.1, -0.05) is 42.5 Å². The molecule has 1 saturated heterocycles. The van der Waals surface area contributed by atoms with Crippen LogP contribution in [0, 0.1) is 17.2 Å². The number of benzene rings is 2. The number of hydrogen-bond donors (Lipinski definition) is 1. The van der Waals surface area contributed by atoms with Crippen LogP contribution in [0.3, 0.4) is 0 Å². The van der Waals surface area contributed by atoms with Gasteiger partial charge in [-0.25, -0.2) is 0 Å². The van der Waals surface area contributed by atoms with Crippen molar-refractivity contribution in [3.63, 3.8) is 0 Å². The molecule has 2 aromatic carbocycles. The Morgan fingerprint density at radius 1 is 1.03 bits per heavy atom. The minimum Gasteiger partial charge on any atom is -0.351 e. The number of nitrogens with one attached hydrogen (secondary N) is 1. The Morgan fingerprint density at radius 2 is 1.72 bits per heavy atom. The van der Waals surface area contributed by atoms with Gasteiger partial charge in [0.15, 0.2) is 0 Å². The normalized spacial score (nSPS) is 25.7. The maximum absolute atomic E-state index is 13.5. The van der Waals surface area contributed by atoms with Gasteiger partial charge in [0.05, 0.1) is 24.1 Å². The van der Waals surface area contributed by atoms with Crippen LogP contribution >= 0.6 is 0 Å². The van der Waals surface area contributed by atoms with E-state index in [1.165, 1.54) is 11.1 Å². The Hall–Kier alpha value is -3.17. The number of rotatable bonds is 3. The van der Waals surface area contributed by atoms with Gasteiger partial charge in [-0.3, -0.25) is 14.5 Å². The van der Waals surface area contributed by atoms with Crippen LogP contribution < -0.4 is 10.2 Å². The zero-order chi connectivity index (χ0) is 22.2. The zero-order valence-corrected chi connectivity index (χ0v) is 18.3. The highest BCUT2D eigenvalue weighted by molar-refractivity contribution is 6.02. The molecular weight excluding hydrogens is 400 g/mol. The largest absolute Gasteiger partial charge is 0.351 e. The highest BCUT2D eigenvalue weighted by Crippen LogP contribution is 2.40. The van der Waals surface area contributed by atoms with E-state index in [-0.39, 0.29) is 36.2 Å². The molecule has 3 aliphatic rings. The quantitative estimate of drug-likeness (QED) is 0.815. The third kappa shape index (κ3) is 3.57. The van der Waals surface area contributed by atoms with Crippen molar-refractivity contribution in [1.29, 1.82) is 5.26 Å². The molecule has 3 atom stereocenters. The Labute approximate surface area is 188 Å². The molecule has 32 heavy (non-hydrogen) atoms. The smallest absolute Gasteiger partial charge is 0.228 e. The number of carbonyl (C=O) groups excluding carboxylic acids is 2. The summed E-state index contributed by atoms with van der Waals surface area (Å²) in [5.74, 6) is -0.455. The molecule has 0 saturated carbocycles. The predicted molar refractivity (Wildman–Crippen MR) is 122 cm³/mol. The summed E-state index contributed by atoms with van der Waals surface area (Å²) in [6.45, 7) is 1.72. The number of nitriles is 1. The van der Waals surface area contributed by atoms with E-state index in [0.717, 1.165) is 43.6 Å². The second kappa shape index (κ2) is 8.40. The molecule has 6 heteroatoms. The van der Waals surface area contributed by atoms with Crippen LogP contribution in [-0.2, 0) is 16.0 Å². The SMILES string of the molecule is CN1C(=O)C[C@H](C(=O)NC2Cc3ccccc3C2N2CCC(C#N)CC2)c2ccccc21. The topological polar surface area (TPSA) is 76.4 Å². The second-order valence-electron chi connectivity index (χ2n) is 9.17. The van der Waals surface area contributed by atoms with E-state index in [2.05, 4.69) is 34.5 Å². The van der Waals surface area contributed by atoms with Gasteiger partial charge in [-0.2, -0.15) is 5.26 Å². The van der Waals surface area contributed by atoms with Gasteiger partial charge in [0.25, 0.3) is 0 Å². The molecule has 1 aliphatic carbocycles. The summed E-state index contributed by atoms with van der Waals surface area (Å²) in [5.41, 5.74) is 4.26. The Morgan fingerprint density at radius 3 is 2.47 bits per heavy atom. The van der Waals surface area contributed by atoms with Crippen LogP contribution in [0.15, 0.2) is 48.5 Å². The van der Waals surface area contributed by atoms with Crippen molar-refractivity contribution >= 4 is 17.5 Å². The average molecular weight is 429 g/mol. The monoisotopic (exact) mass is 428 g/mol. The maximum atomic E-state index is 13.5. The van der Waals surface area contributed by atoms with Crippen molar-refractivity contribution < 1.29 is 9.59 Å². The molecule has 1 N–H and O–H groups in total. The summed E-state index contributed by atoms with van der Waals surface area (Å²) in [4.78, 5) is 30.1. The van der Waals surface area contributed by atoms with Gasteiger partial charge in [-0.05, 0) is 42.0 Å². The molecule has 2 amide bonds. The number of fused-ring (bicyclic) bond motifs is 2. The lowest BCUT2D eigenvalue weighted by atomic mass is 9.88. The van der Waals surface area contributed by atoms with E-state index in [0.29, 0.717) is 0 Å². The maximum Gasteiger partial charge on any atom is 0.228 e. The van der Waals surface area contributed by atoms with Gasteiger partial charge in [0.1, 0.15) is 0 Å². The van der Waals surface area contributed by atoms with Gasteiger partial charge in [0.2, 0.25) is 11.8 Å². The van der Waals surface area contributed by atoms with Gasteiger partial charge < -0.3 is 10.2 Å². The molecule has 2 aliphatic heterocycles. The van der Waals surface area contributed by atoms with Crippen molar-refractivity contribution in [2.45, 2.75) is 43.7 Å². The zero-order valence-electron chi connectivity index (χ0n) is 18.3. The number of para-hydroxylation sites is 1. The Kier molecular flexibility index (Phi) is 5.44. The molecule has 0 aromatic heterocycles. The molecule has 6 nitrogen and oxygen atoms in total. The third-order valence-corrected chi connectivity index (χ3v) is 7.37. The molecule has 164 valence electrons. The number of piperidine rings is 1. The molecule has 1 fully saturated rings. The minimum absolute atomic E-state index is 0.0336. The molecule has 0 spiro atoms. The van der Waals surface area contributed by atoms with Crippen LogP contribution in [0.5, 0.6) is 0 Å². The van der Waals surface area contributed by atoms with Gasteiger partial charge in [0, 0.05) is 38.2 Å².